The van der Waals surface area contributed by atoms with Crippen molar-refractivity contribution >= 4 is 0 Å². The number of nitrogens with two attached hydrogens (primary N) is 1. The first-order valence-corrected chi connectivity index (χ1v) is 3.03. The summed E-state index contributed by atoms with van der Waals surface area (Å²) in [6.45, 7) is 3.37. The normalized spacial score (nSPS) is 42.9. The molecular weight excluding hydrogens is 100 g/mol. The molecule has 0 amide bonds. The van der Waals surface area contributed by atoms with E-state index in [0.29, 0.717) is 6.04 Å². The van der Waals surface area contributed by atoms with Crippen LogP contribution >= 0.6 is 0 Å². The van der Waals surface area contributed by atoms with Gasteiger partial charge in [0.15, 0.2) is 0 Å². The summed E-state index contributed by atoms with van der Waals surface area (Å²) in [6.07, 6.45) is 2.24. The fourth-order valence-electron chi connectivity index (χ4n) is 1.44. The molecule has 0 saturated carbocycles. The highest BCUT2D eigenvalue weighted by Gasteiger charge is 2.27. The molecule has 1 saturated heterocycles. The molecule has 0 aliphatic carbocycles. The van der Waals surface area contributed by atoms with Crippen LogP contribution in [0.1, 0.15) is 0 Å². The molecule has 0 aromatic heterocycles. The van der Waals surface area contributed by atoms with E-state index in [1.807, 2.05) is 0 Å². The van der Waals surface area contributed by atoms with Crippen LogP contribution in [0, 0.1) is 0 Å². The highest BCUT2D eigenvalue weighted by atomic mass is 15.2. The van der Waals surface area contributed by atoms with Crippen LogP contribution in [0.4, 0.5) is 0 Å². The van der Waals surface area contributed by atoms with Gasteiger partial charge >= 0.3 is 0 Å². The van der Waals surface area contributed by atoms with Gasteiger partial charge in [-0.1, -0.05) is 6.08 Å². The third kappa shape index (κ3) is 0.443. The molecule has 2 unspecified atom stereocenters. The lowest BCUT2D eigenvalue weighted by Gasteiger charge is -2.11. The molecule has 2 atom stereocenters. The van der Waals surface area contributed by atoms with Crippen LogP contribution in [0.5, 0.6) is 0 Å². The number of hydrogen-bond donors (Lipinski definition) is 1. The van der Waals surface area contributed by atoms with E-state index in [4.69, 9.17) is 5.73 Å². The lowest BCUT2D eigenvalue weighted by molar-refractivity contribution is 0.382. The molecule has 1 fully saturated rings. The summed E-state index contributed by atoms with van der Waals surface area (Å²) >= 11 is 0. The number of hydrogen-bond acceptors (Lipinski definition) is 2. The largest absolute Gasteiger partial charge is 0.323 e. The Labute approximate surface area is 49.0 Å². The Balaban J connectivity index is 2.28. The minimum absolute atomic E-state index is 0.365. The molecule has 0 spiro atoms. The highest BCUT2D eigenvalue weighted by molar-refractivity contribution is 5.24. The maximum absolute atomic E-state index is 5.71. The maximum Gasteiger partial charge on any atom is 0.0396 e. The molecule has 44 valence electrons. The molecule has 2 rings (SSSR count). The van der Waals surface area contributed by atoms with Gasteiger partial charge in [0, 0.05) is 25.7 Å². The molecule has 8 heavy (non-hydrogen) atoms. The number of rotatable bonds is 0. The van der Waals surface area contributed by atoms with E-state index in [0.717, 1.165) is 19.6 Å². The summed E-state index contributed by atoms with van der Waals surface area (Å²) in [5, 5.41) is 0. The van der Waals surface area contributed by atoms with Crippen LogP contribution in [0.25, 0.3) is 0 Å². The Hall–Kier alpha value is -0.340. The lowest BCUT2D eigenvalue weighted by Crippen LogP contribution is -2.29. The van der Waals surface area contributed by atoms with Crippen LogP contribution in [0.15, 0.2) is 11.6 Å². The molecule has 2 aliphatic rings. The third-order valence-electron chi connectivity index (χ3n) is 1.95. The number of fused-ring (bicyclic) bond motifs is 2. The molecule has 0 aromatic carbocycles. The maximum atomic E-state index is 5.71. The SMILES string of the molecule is NC1CN2CC=C1C2. The Bertz CT molecular complexity index is 139. The lowest BCUT2D eigenvalue weighted by atomic mass is 10.1. The number of nitrogens with zero attached hydrogens (tertiary/aromatic N) is 1. The summed E-state index contributed by atoms with van der Waals surface area (Å²) in [4.78, 5) is 2.36. The van der Waals surface area contributed by atoms with Crippen LogP contribution in [-0.4, -0.2) is 30.6 Å². The minimum atomic E-state index is 0.365. The van der Waals surface area contributed by atoms with Crippen molar-refractivity contribution in [3.8, 4) is 0 Å². The van der Waals surface area contributed by atoms with Gasteiger partial charge in [-0.2, -0.15) is 0 Å². The Morgan fingerprint density at radius 3 is 2.88 bits per heavy atom. The van der Waals surface area contributed by atoms with Gasteiger partial charge < -0.3 is 5.73 Å². The van der Waals surface area contributed by atoms with E-state index >= 15 is 0 Å². The van der Waals surface area contributed by atoms with Crippen LogP contribution in [0.3, 0.4) is 0 Å². The fourth-order valence-corrected chi connectivity index (χ4v) is 1.44. The van der Waals surface area contributed by atoms with Crippen molar-refractivity contribution in [3.05, 3.63) is 11.6 Å². The Kier molecular flexibility index (Phi) is 0.754. The van der Waals surface area contributed by atoms with Crippen molar-refractivity contribution in [1.29, 1.82) is 0 Å². The van der Waals surface area contributed by atoms with E-state index in [-0.39, 0.29) is 0 Å². The van der Waals surface area contributed by atoms with Gasteiger partial charge in [-0.3, -0.25) is 4.90 Å². The van der Waals surface area contributed by atoms with Crippen molar-refractivity contribution in [2.75, 3.05) is 19.6 Å². The van der Waals surface area contributed by atoms with E-state index in [9.17, 15) is 0 Å². The minimum Gasteiger partial charge on any atom is -0.323 e. The monoisotopic (exact) mass is 110 g/mol. The quantitative estimate of drug-likeness (QED) is 0.429. The van der Waals surface area contributed by atoms with E-state index in [1.165, 1.54) is 5.57 Å². The Morgan fingerprint density at radius 1 is 1.75 bits per heavy atom. The summed E-state index contributed by atoms with van der Waals surface area (Å²) in [7, 11) is 0. The van der Waals surface area contributed by atoms with Crippen molar-refractivity contribution < 1.29 is 0 Å². The predicted octanol–water partition coefficient (Wildman–Crippen LogP) is -0.431. The van der Waals surface area contributed by atoms with Crippen molar-refractivity contribution in [3.63, 3.8) is 0 Å². The van der Waals surface area contributed by atoms with Gasteiger partial charge in [0.1, 0.15) is 0 Å². The zero-order valence-electron chi connectivity index (χ0n) is 4.80. The summed E-state index contributed by atoms with van der Waals surface area (Å²) in [5.74, 6) is 0. The van der Waals surface area contributed by atoms with Gasteiger partial charge in [0.25, 0.3) is 0 Å². The van der Waals surface area contributed by atoms with Crippen molar-refractivity contribution in [2.45, 2.75) is 6.04 Å². The van der Waals surface area contributed by atoms with Gasteiger partial charge in [0.05, 0.1) is 0 Å². The van der Waals surface area contributed by atoms with Crippen molar-refractivity contribution in [2.24, 2.45) is 5.73 Å². The molecule has 2 nitrogen and oxygen atoms in total. The van der Waals surface area contributed by atoms with E-state index < -0.39 is 0 Å². The molecule has 2 N–H and O–H groups in total. The molecule has 2 bridgehead atoms. The molecule has 0 radical (unpaired) electrons. The van der Waals surface area contributed by atoms with E-state index in [1.54, 1.807) is 0 Å². The van der Waals surface area contributed by atoms with Gasteiger partial charge in [0.2, 0.25) is 0 Å². The Morgan fingerprint density at radius 2 is 2.62 bits per heavy atom. The zero-order valence-corrected chi connectivity index (χ0v) is 4.80. The summed E-state index contributed by atoms with van der Waals surface area (Å²) < 4.78 is 0. The standard InChI is InChI=1S/C6H10N2/c7-6-4-8-2-1-5(6)3-8/h1,6H,2-4,7H2. The second-order valence-electron chi connectivity index (χ2n) is 2.58. The van der Waals surface area contributed by atoms with Gasteiger partial charge in [-0.15, -0.1) is 0 Å². The fraction of sp³-hybridized carbons (Fsp3) is 0.667. The molecule has 0 aromatic rings. The first-order valence-electron chi connectivity index (χ1n) is 3.03. The average Bonchev–Trinajstić information content (AvgIpc) is 2.23. The molecule has 2 aliphatic heterocycles. The average molecular weight is 110 g/mol. The smallest absolute Gasteiger partial charge is 0.0396 e. The zero-order chi connectivity index (χ0) is 5.56. The first kappa shape index (κ1) is 4.53. The highest BCUT2D eigenvalue weighted by Crippen LogP contribution is 2.19. The van der Waals surface area contributed by atoms with E-state index in [2.05, 4.69) is 11.0 Å². The second kappa shape index (κ2) is 1.33. The predicted molar refractivity (Wildman–Crippen MR) is 32.5 cm³/mol. The molecular formula is C6H10N2. The topological polar surface area (TPSA) is 29.3 Å². The second-order valence-corrected chi connectivity index (χ2v) is 2.58. The van der Waals surface area contributed by atoms with Crippen LogP contribution in [0.2, 0.25) is 0 Å². The third-order valence-corrected chi connectivity index (χ3v) is 1.95. The van der Waals surface area contributed by atoms with Gasteiger partial charge in [-0.25, -0.2) is 0 Å². The first-order chi connectivity index (χ1) is 3.86. The summed E-state index contributed by atoms with van der Waals surface area (Å²) in [6, 6.07) is 0.365. The molecule has 2 heteroatoms. The summed E-state index contributed by atoms with van der Waals surface area (Å²) in [5.41, 5.74) is 7.16. The van der Waals surface area contributed by atoms with Crippen LogP contribution < -0.4 is 5.73 Å². The molecule has 2 heterocycles. The van der Waals surface area contributed by atoms with Crippen LogP contribution in [-0.2, 0) is 0 Å². The van der Waals surface area contributed by atoms with Gasteiger partial charge in [-0.05, 0) is 5.57 Å². The van der Waals surface area contributed by atoms with Crippen molar-refractivity contribution in [1.82, 2.24) is 4.90 Å².